The minimum atomic E-state index is 0.433. The lowest BCUT2D eigenvalue weighted by Crippen LogP contribution is -2.08. The van der Waals surface area contributed by atoms with E-state index in [0.717, 1.165) is 20.3 Å². The Balaban J connectivity index is 3.29. The molecule has 0 heterocycles. The Morgan fingerprint density at radius 1 is 1.39 bits per heavy atom. The highest BCUT2D eigenvalue weighted by Crippen LogP contribution is 2.34. The van der Waals surface area contributed by atoms with Crippen LogP contribution in [0.1, 0.15) is 26.3 Å². The predicted octanol–water partition coefficient (Wildman–Crippen LogP) is 4.61. The molecular formula is C14H19Br2NO. The Morgan fingerprint density at radius 3 is 2.56 bits per heavy atom. The van der Waals surface area contributed by atoms with E-state index in [-0.39, 0.29) is 0 Å². The molecule has 0 spiro atoms. The van der Waals surface area contributed by atoms with Crippen molar-refractivity contribution in [1.82, 2.24) is 0 Å². The standard InChI is InChI=1S/C14H19Br2NO/c1-4-18-14-10(5-11(8-17)9(2)3)6-12(15)7-13(14)16/h5-7,9H,4,8,17H2,1-3H3. The molecule has 1 aromatic carbocycles. The van der Waals surface area contributed by atoms with Gasteiger partial charge >= 0.3 is 0 Å². The second-order valence-electron chi connectivity index (χ2n) is 4.32. The molecule has 2 N–H and O–H groups in total. The number of hydrogen-bond acceptors (Lipinski definition) is 2. The van der Waals surface area contributed by atoms with Crippen molar-refractivity contribution in [3.05, 3.63) is 32.2 Å². The van der Waals surface area contributed by atoms with Gasteiger partial charge in [-0.15, -0.1) is 0 Å². The van der Waals surface area contributed by atoms with Gasteiger partial charge in [0, 0.05) is 16.6 Å². The van der Waals surface area contributed by atoms with Crippen LogP contribution in [0.4, 0.5) is 0 Å². The van der Waals surface area contributed by atoms with Gasteiger partial charge < -0.3 is 10.5 Å². The molecule has 100 valence electrons. The molecule has 2 nitrogen and oxygen atoms in total. The molecule has 0 aliphatic heterocycles. The highest BCUT2D eigenvalue weighted by atomic mass is 79.9. The zero-order valence-electron chi connectivity index (χ0n) is 11.0. The fourth-order valence-electron chi connectivity index (χ4n) is 1.65. The van der Waals surface area contributed by atoms with Crippen molar-refractivity contribution in [2.45, 2.75) is 20.8 Å². The largest absolute Gasteiger partial charge is 0.492 e. The van der Waals surface area contributed by atoms with Crippen LogP contribution in [0.2, 0.25) is 0 Å². The molecule has 0 aliphatic rings. The molecule has 0 unspecified atom stereocenters. The fraction of sp³-hybridized carbons (Fsp3) is 0.429. The minimum absolute atomic E-state index is 0.433. The van der Waals surface area contributed by atoms with Gasteiger partial charge in [-0.05, 0) is 40.9 Å². The van der Waals surface area contributed by atoms with Crippen molar-refractivity contribution in [2.75, 3.05) is 13.2 Å². The summed E-state index contributed by atoms with van der Waals surface area (Å²) in [7, 11) is 0. The molecule has 1 rings (SSSR count). The van der Waals surface area contributed by atoms with Crippen LogP contribution < -0.4 is 10.5 Å². The smallest absolute Gasteiger partial charge is 0.140 e. The maximum Gasteiger partial charge on any atom is 0.140 e. The quantitative estimate of drug-likeness (QED) is 0.814. The van der Waals surface area contributed by atoms with E-state index in [9.17, 15) is 0 Å². The number of rotatable bonds is 5. The molecule has 0 fully saturated rings. The second kappa shape index (κ2) is 7.31. The molecule has 0 atom stereocenters. The normalized spacial score (nSPS) is 12.1. The zero-order valence-corrected chi connectivity index (χ0v) is 14.1. The third-order valence-corrected chi connectivity index (χ3v) is 3.69. The van der Waals surface area contributed by atoms with Crippen LogP contribution in [0.15, 0.2) is 26.7 Å². The van der Waals surface area contributed by atoms with E-state index < -0.39 is 0 Å². The molecule has 0 saturated carbocycles. The fourth-order valence-corrected chi connectivity index (χ4v) is 3.02. The number of hydrogen-bond donors (Lipinski definition) is 1. The van der Waals surface area contributed by atoms with Gasteiger partial charge in [-0.2, -0.15) is 0 Å². The van der Waals surface area contributed by atoms with Gasteiger partial charge in [0.2, 0.25) is 0 Å². The molecule has 0 saturated heterocycles. The van der Waals surface area contributed by atoms with E-state index in [1.807, 2.05) is 19.1 Å². The summed E-state index contributed by atoms with van der Waals surface area (Å²) in [6.07, 6.45) is 2.12. The lowest BCUT2D eigenvalue weighted by atomic mass is 10.00. The SMILES string of the molecule is CCOc1c(Br)cc(Br)cc1C=C(CN)C(C)C. The minimum Gasteiger partial charge on any atom is -0.492 e. The second-order valence-corrected chi connectivity index (χ2v) is 6.09. The first-order chi connectivity index (χ1) is 8.49. The van der Waals surface area contributed by atoms with Crippen molar-refractivity contribution in [3.8, 4) is 5.75 Å². The van der Waals surface area contributed by atoms with Crippen molar-refractivity contribution in [1.29, 1.82) is 0 Å². The summed E-state index contributed by atoms with van der Waals surface area (Å²) < 4.78 is 7.66. The van der Waals surface area contributed by atoms with E-state index in [1.54, 1.807) is 0 Å². The van der Waals surface area contributed by atoms with Crippen molar-refractivity contribution < 1.29 is 4.74 Å². The Labute approximate surface area is 126 Å². The Morgan fingerprint density at radius 2 is 2.06 bits per heavy atom. The van der Waals surface area contributed by atoms with Crippen molar-refractivity contribution in [3.63, 3.8) is 0 Å². The Kier molecular flexibility index (Phi) is 6.39. The van der Waals surface area contributed by atoms with E-state index in [0.29, 0.717) is 19.1 Å². The average Bonchev–Trinajstić information content (AvgIpc) is 2.29. The van der Waals surface area contributed by atoms with Crippen molar-refractivity contribution in [2.24, 2.45) is 11.7 Å². The van der Waals surface area contributed by atoms with E-state index in [4.69, 9.17) is 10.5 Å². The molecule has 0 aliphatic carbocycles. The number of ether oxygens (including phenoxy) is 1. The van der Waals surface area contributed by atoms with Crippen LogP contribution in [-0.4, -0.2) is 13.2 Å². The van der Waals surface area contributed by atoms with Gasteiger partial charge in [0.1, 0.15) is 5.75 Å². The van der Waals surface area contributed by atoms with Gasteiger partial charge in [0.05, 0.1) is 11.1 Å². The van der Waals surface area contributed by atoms with Crippen LogP contribution in [-0.2, 0) is 0 Å². The molecule has 0 aromatic heterocycles. The third-order valence-electron chi connectivity index (χ3n) is 2.64. The highest BCUT2D eigenvalue weighted by Gasteiger charge is 2.10. The van der Waals surface area contributed by atoms with Gasteiger partial charge in [-0.25, -0.2) is 0 Å². The predicted molar refractivity (Wildman–Crippen MR) is 84.9 cm³/mol. The molecular weight excluding hydrogens is 358 g/mol. The average molecular weight is 377 g/mol. The Bertz CT molecular complexity index is 442. The van der Waals surface area contributed by atoms with E-state index >= 15 is 0 Å². The van der Waals surface area contributed by atoms with Gasteiger partial charge in [-0.3, -0.25) is 0 Å². The molecule has 0 amide bonds. The lowest BCUT2D eigenvalue weighted by molar-refractivity contribution is 0.337. The van der Waals surface area contributed by atoms with Gasteiger partial charge in [-0.1, -0.05) is 41.4 Å². The van der Waals surface area contributed by atoms with Crippen LogP contribution in [0.3, 0.4) is 0 Å². The summed E-state index contributed by atoms with van der Waals surface area (Å²) in [5.41, 5.74) is 8.05. The first-order valence-corrected chi connectivity index (χ1v) is 7.60. The summed E-state index contributed by atoms with van der Waals surface area (Å²) in [5, 5.41) is 0. The van der Waals surface area contributed by atoms with Crippen molar-refractivity contribution >= 4 is 37.9 Å². The van der Waals surface area contributed by atoms with Crippen LogP contribution in [0.5, 0.6) is 5.75 Å². The van der Waals surface area contributed by atoms with Crippen LogP contribution >= 0.6 is 31.9 Å². The topological polar surface area (TPSA) is 35.2 Å². The summed E-state index contributed by atoms with van der Waals surface area (Å²) in [6, 6.07) is 4.04. The highest BCUT2D eigenvalue weighted by molar-refractivity contribution is 9.11. The van der Waals surface area contributed by atoms with Crippen LogP contribution in [0, 0.1) is 5.92 Å². The summed E-state index contributed by atoms with van der Waals surface area (Å²) in [5.74, 6) is 1.30. The molecule has 0 radical (unpaired) electrons. The zero-order chi connectivity index (χ0) is 13.7. The maximum atomic E-state index is 5.79. The number of nitrogens with two attached hydrogens (primary N) is 1. The van der Waals surface area contributed by atoms with Gasteiger partial charge in [0.25, 0.3) is 0 Å². The maximum absolute atomic E-state index is 5.79. The first-order valence-electron chi connectivity index (χ1n) is 6.02. The third kappa shape index (κ3) is 4.11. The molecule has 0 bridgehead atoms. The lowest BCUT2D eigenvalue weighted by Gasteiger charge is -2.13. The number of halogens is 2. The molecule has 4 heteroatoms. The van der Waals surface area contributed by atoms with Gasteiger partial charge in [0.15, 0.2) is 0 Å². The molecule has 1 aromatic rings. The first kappa shape index (κ1) is 15.7. The molecule has 18 heavy (non-hydrogen) atoms. The summed E-state index contributed by atoms with van der Waals surface area (Å²) in [4.78, 5) is 0. The van der Waals surface area contributed by atoms with E-state index in [2.05, 4.69) is 51.8 Å². The Hall–Kier alpha value is -0.320. The number of benzene rings is 1. The summed E-state index contributed by atoms with van der Waals surface area (Å²) in [6.45, 7) is 7.47. The van der Waals surface area contributed by atoms with E-state index in [1.165, 1.54) is 5.57 Å². The van der Waals surface area contributed by atoms with Crippen LogP contribution in [0.25, 0.3) is 6.08 Å². The summed E-state index contributed by atoms with van der Waals surface area (Å²) >= 11 is 7.03. The monoisotopic (exact) mass is 375 g/mol.